The number of fused-ring (bicyclic) bond motifs is 1. The smallest absolute Gasteiger partial charge is 0.248 e. The van der Waals surface area contributed by atoms with E-state index >= 15 is 0 Å². The Kier molecular flexibility index (Phi) is 5.74. The van der Waals surface area contributed by atoms with E-state index in [0.717, 1.165) is 29.6 Å². The molecule has 1 aliphatic heterocycles. The van der Waals surface area contributed by atoms with Gasteiger partial charge in [0.05, 0.1) is 11.6 Å². The van der Waals surface area contributed by atoms with Crippen LogP contribution in [0.15, 0.2) is 59.4 Å². The molecule has 1 aromatic heterocycles. The van der Waals surface area contributed by atoms with Crippen LogP contribution in [0.3, 0.4) is 0 Å². The number of nitrogens with zero attached hydrogens (tertiary/aromatic N) is 1. The molecule has 1 aliphatic rings. The first-order valence-corrected chi connectivity index (χ1v) is 9.94. The number of aliphatic hydroxyl groups excluding tert-OH is 1. The molecule has 0 bridgehead atoms. The zero-order chi connectivity index (χ0) is 19.3. The molecule has 1 fully saturated rings. The number of rotatable bonds is 6. The molecule has 0 spiro atoms. The van der Waals surface area contributed by atoms with Crippen molar-refractivity contribution in [3.8, 4) is 5.75 Å². The minimum atomic E-state index is -0.602. The van der Waals surface area contributed by atoms with Crippen LogP contribution in [0.25, 0.3) is 10.9 Å². The Morgan fingerprint density at radius 3 is 2.57 bits per heavy atom. The van der Waals surface area contributed by atoms with Crippen molar-refractivity contribution in [1.29, 1.82) is 0 Å². The molecular formula is C23H26N2O3. The summed E-state index contributed by atoms with van der Waals surface area (Å²) in [5.41, 5.74) is 2.34. The molecule has 0 amide bonds. The number of piperidine rings is 1. The van der Waals surface area contributed by atoms with Crippen molar-refractivity contribution < 1.29 is 9.84 Å². The fourth-order valence-electron chi connectivity index (χ4n) is 3.88. The van der Waals surface area contributed by atoms with Gasteiger partial charge in [-0.25, -0.2) is 0 Å². The van der Waals surface area contributed by atoms with Crippen LogP contribution in [0.1, 0.15) is 36.5 Å². The topological polar surface area (TPSA) is 65.6 Å². The molecule has 3 aromatic rings. The second kappa shape index (κ2) is 8.59. The van der Waals surface area contributed by atoms with Gasteiger partial charge in [0.15, 0.2) is 0 Å². The monoisotopic (exact) mass is 378 g/mol. The number of pyridine rings is 1. The Morgan fingerprint density at radius 2 is 1.79 bits per heavy atom. The second-order valence-corrected chi connectivity index (χ2v) is 7.42. The third-order valence-electron chi connectivity index (χ3n) is 5.37. The summed E-state index contributed by atoms with van der Waals surface area (Å²) in [5, 5.41) is 11.7. The van der Waals surface area contributed by atoms with Gasteiger partial charge in [-0.2, -0.15) is 0 Å². The summed E-state index contributed by atoms with van der Waals surface area (Å²) >= 11 is 0. The van der Waals surface area contributed by atoms with Crippen LogP contribution in [-0.4, -0.2) is 34.6 Å². The average Bonchev–Trinajstić information content (AvgIpc) is 2.73. The lowest BCUT2D eigenvalue weighted by Crippen LogP contribution is -2.33. The highest BCUT2D eigenvalue weighted by atomic mass is 16.5. The van der Waals surface area contributed by atoms with Crippen LogP contribution < -0.4 is 10.3 Å². The number of H-pyrrole nitrogens is 1. The number of aromatic amines is 1. The van der Waals surface area contributed by atoms with E-state index in [1.54, 1.807) is 6.07 Å². The molecule has 0 aliphatic carbocycles. The minimum absolute atomic E-state index is 0.181. The van der Waals surface area contributed by atoms with E-state index in [1.807, 2.05) is 42.5 Å². The number of benzene rings is 2. The van der Waals surface area contributed by atoms with Crippen LogP contribution in [0.2, 0.25) is 0 Å². The van der Waals surface area contributed by atoms with E-state index in [2.05, 4.69) is 9.88 Å². The predicted molar refractivity (Wildman–Crippen MR) is 111 cm³/mol. The van der Waals surface area contributed by atoms with Crippen molar-refractivity contribution in [3.63, 3.8) is 0 Å². The lowest BCUT2D eigenvalue weighted by molar-refractivity contribution is 0.102. The van der Waals surface area contributed by atoms with E-state index in [0.29, 0.717) is 24.4 Å². The van der Waals surface area contributed by atoms with Crippen LogP contribution in [0, 0.1) is 0 Å². The Balaban J connectivity index is 1.61. The fourth-order valence-corrected chi connectivity index (χ4v) is 3.88. The number of ether oxygens (including phenoxy) is 1. The Labute approximate surface area is 164 Å². The predicted octanol–water partition coefficient (Wildman–Crippen LogP) is 3.63. The van der Waals surface area contributed by atoms with Gasteiger partial charge in [0.1, 0.15) is 12.4 Å². The standard InChI is InChI=1S/C23H26N2O3/c26-20(15-25-13-5-2-6-14-25)18-9-11-21(23-19(18)10-12-22(27)24-23)28-16-17-7-3-1-4-8-17/h1,3-4,7-12,20,26H,2,5-6,13-16H2,(H,24,27)/t20-/m0/s1. The number of hydrogen-bond acceptors (Lipinski definition) is 4. The van der Waals surface area contributed by atoms with E-state index in [9.17, 15) is 9.90 Å². The molecule has 5 heteroatoms. The van der Waals surface area contributed by atoms with Gasteiger partial charge < -0.3 is 19.7 Å². The zero-order valence-corrected chi connectivity index (χ0v) is 15.9. The third-order valence-corrected chi connectivity index (χ3v) is 5.37. The highest BCUT2D eigenvalue weighted by Crippen LogP contribution is 2.31. The lowest BCUT2D eigenvalue weighted by atomic mass is 10.0. The largest absolute Gasteiger partial charge is 0.487 e. The number of nitrogens with one attached hydrogen (secondary N) is 1. The first-order valence-electron chi connectivity index (χ1n) is 9.94. The molecule has 5 nitrogen and oxygen atoms in total. The number of hydrogen-bond donors (Lipinski definition) is 2. The van der Waals surface area contributed by atoms with Gasteiger partial charge in [0, 0.05) is 18.0 Å². The summed E-state index contributed by atoms with van der Waals surface area (Å²) in [6.07, 6.45) is 3.04. The molecular weight excluding hydrogens is 352 g/mol. The summed E-state index contributed by atoms with van der Waals surface area (Å²) in [7, 11) is 0. The number of likely N-dealkylation sites (tertiary alicyclic amines) is 1. The molecule has 0 unspecified atom stereocenters. The van der Waals surface area contributed by atoms with Crippen LogP contribution >= 0.6 is 0 Å². The van der Waals surface area contributed by atoms with Gasteiger partial charge in [0.25, 0.3) is 0 Å². The summed E-state index contributed by atoms with van der Waals surface area (Å²) in [6, 6.07) is 16.9. The third kappa shape index (κ3) is 4.26. The molecule has 1 saturated heterocycles. The maximum absolute atomic E-state index is 11.9. The molecule has 2 heterocycles. The van der Waals surface area contributed by atoms with E-state index in [-0.39, 0.29) is 5.56 Å². The van der Waals surface area contributed by atoms with Crippen molar-refractivity contribution in [2.45, 2.75) is 32.0 Å². The van der Waals surface area contributed by atoms with Gasteiger partial charge in [-0.1, -0.05) is 42.8 Å². The first-order chi connectivity index (χ1) is 13.7. The summed E-state index contributed by atoms with van der Waals surface area (Å²) in [4.78, 5) is 17.1. The van der Waals surface area contributed by atoms with Gasteiger partial charge in [-0.3, -0.25) is 4.79 Å². The van der Waals surface area contributed by atoms with Crippen molar-refractivity contribution >= 4 is 10.9 Å². The van der Waals surface area contributed by atoms with Gasteiger partial charge in [0.2, 0.25) is 5.56 Å². The Hall–Kier alpha value is -2.63. The fraction of sp³-hybridized carbons (Fsp3) is 0.348. The van der Waals surface area contributed by atoms with Crippen LogP contribution in [0.5, 0.6) is 5.75 Å². The van der Waals surface area contributed by atoms with Crippen molar-refractivity contribution in [3.05, 3.63) is 76.1 Å². The summed E-state index contributed by atoms with van der Waals surface area (Å²) in [6.45, 7) is 3.09. The molecule has 1 atom stereocenters. The molecule has 2 N–H and O–H groups in total. The maximum atomic E-state index is 11.9. The van der Waals surface area contributed by atoms with E-state index in [4.69, 9.17) is 4.74 Å². The molecule has 4 rings (SSSR count). The van der Waals surface area contributed by atoms with Gasteiger partial charge in [-0.15, -0.1) is 0 Å². The second-order valence-electron chi connectivity index (χ2n) is 7.42. The van der Waals surface area contributed by atoms with E-state index < -0.39 is 6.10 Å². The average molecular weight is 378 g/mol. The maximum Gasteiger partial charge on any atom is 0.248 e. The quantitative estimate of drug-likeness (QED) is 0.687. The first kappa shape index (κ1) is 18.7. The van der Waals surface area contributed by atoms with E-state index in [1.165, 1.54) is 25.3 Å². The van der Waals surface area contributed by atoms with Crippen LogP contribution in [0.4, 0.5) is 0 Å². The van der Waals surface area contributed by atoms with Gasteiger partial charge >= 0.3 is 0 Å². The highest BCUT2D eigenvalue weighted by Gasteiger charge is 2.19. The molecule has 28 heavy (non-hydrogen) atoms. The highest BCUT2D eigenvalue weighted by molar-refractivity contribution is 5.87. The minimum Gasteiger partial charge on any atom is -0.487 e. The Bertz CT molecular complexity index is 978. The summed E-state index contributed by atoms with van der Waals surface area (Å²) < 4.78 is 5.98. The number of aromatic nitrogens is 1. The SMILES string of the molecule is O=c1ccc2c([C@@H](O)CN3CCCCC3)ccc(OCc3ccccc3)c2[nH]1. The molecule has 146 valence electrons. The summed E-state index contributed by atoms with van der Waals surface area (Å²) in [5.74, 6) is 0.616. The van der Waals surface area contributed by atoms with Crippen molar-refractivity contribution in [1.82, 2.24) is 9.88 Å². The normalized spacial score (nSPS) is 16.2. The van der Waals surface area contributed by atoms with Gasteiger partial charge in [-0.05, 0) is 49.2 Å². The molecule has 0 radical (unpaired) electrons. The van der Waals surface area contributed by atoms with Crippen molar-refractivity contribution in [2.24, 2.45) is 0 Å². The molecule has 2 aromatic carbocycles. The lowest BCUT2D eigenvalue weighted by Gasteiger charge is -2.29. The zero-order valence-electron chi connectivity index (χ0n) is 15.9. The van der Waals surface area contributed by atoms with Crippen molar-refractivity contribution in [2.75, 3.05) is 19.6 Å². The number of β-amino-alcohol motifs (C(OH)–C–C–N with tert-alkyl or cyclic N) is 1. The number of aliphatic hydroxyl groups is 1. The Morgan fingerprint density at radius 1 is 1.00 bits per heavy atom. The molecule has 0 saturated carbocycles. The van der Waals surface area contributed by atoms with Crippen LogP contribution in [-0.2, 0) is 6.61 Å².